The topological polar surface area (TPSA) is 59.1 Å². The summed E-state index contributed by atoms with van der Waals surface area (Å²) in [4.78, 5) is 4.86. The highest BCUT2D eigenvalue weighted by molar-refractivity contribution is 7.89. The Labute approximate surface area is 188 Å². The maximum atomic E-state index is 13.3. The van der Waals surface area contributed by atoms with Crippen LogP contribution in [0.2, 0.25) is 0 Å². The van der Waals surface area contributed by atoms with E-state index >= 15 is 0 Å². The minimum atomic E-state index is -3.69. The fraction of sp³-hybridized carbons (Fsp3) is 0.148. The van der Waals surface area contributed by atoms with E-state index in [4.69, 9.17) is 0 Å². The van der Waals surface area contributed by atoms with E-state index in [1.165, 1.54) is 0 Å². The molecule has 1 heterocycles. The van der Waals surface area contributed by atoms with E-state index in [1.54, 1.807) is 18.3 Å². The van der Waals surface area contributed by atoms with Gasteiger partial charge >= 0.3 is 0 Å². The van der Waals surface area contributed by atoms with Crippen molar-refractivity contribution in [2.75, 3.05) is 0 Å². The molecule has 1 aliphatic carbocycles. The summed E-state index contributed by atoms with van der Waals surface area (Å²) in [5.41, 5.74) is 5.12. The van der Waals surface area contributed by atoms with Crippen molar-refractivity contribution in [3.8, 4) is 0 Å². The Morgan fingerprint density at radius 1 is 0.906 bits per heavy atom. The Hall–Kier alpha value is -3.28. The summed E-state index contributed by atoms with van der Waals surface area (Å²) >= 11 is 0. The number of hydrogen-bond donors (Lipinski definition) is 1. The van der Waals surface area contributed by atoms with Crippen molar-refractivity contribution in [1.82, 2.24) is 9.71 Å². The zero-order chi connectivity index (χ0) is 22.1. The second-order valence-corrected chi connectivity index (χ2v) is 9.97. The van der Waals surface area contributed by atoms with Crippen LogP contribution in [0.1, 0.15) is 28.3 Å². The van der Waals surface area contributed by atoms with Crippen molar-refractivity contribution in [2.24, 2.45) is 5.92 Å². The largest absolute Gasteiger partial charge is 0.256 e. The third kappa shape index (κ3) is 3.97. The highest BCUT2D eigenvalue weighted by Gasteiger charge is 2.31. The van der Waals surface area contributed by atoms with Crippen LogP contribution < -0.4 is 4.72 Å². The average molecular weight is 441 g/mol. The monoisotopic (exact) mass is 440 g/mol. The number of nitrogens with one attached hydrogen (secondary N) is 1. The van der Waals surface area contributed by atoms with Crippen LogP contribution in [-0.4, -0.2) is 13.4 Å². The van der Waals surface area contributed by atoms with E-state index in [-0.39, 0.29) is 16.9 Å². The van der Waals surface area contributed by atoms with Crippen LogP contribution >= 0.6 is 0 Å². The Balaban J connectivity index is 1.53. The summed E-state index contributed by atoms with van der Waals surface area (Å²) in [5, 5.41) is 1.09. The summed E-state index contributed by atoms with van der Waals surface area (Å²) in [6.07, 6.45) is 6.69. The Morgan fingerprint density at radius 3 is 2.53 bits per heavy atom. The van der Waals surface area contributed by atoms with Crippen LogP contribution in [0.3, 0.4) is 0 Å². The molecule has 4 aromatic rings. The maximum Gasteiger partial charge on any atom is 0.241 e. The second kappa shape index (κ2) is 8.34. The van der Waals surface area contributed by atoms with Crippen LogP contribution in [0.5, 0.6) is 0 Å². The molecule has 32 heavy (non-hydrogen) atoms. The molecule has 0 unspecified atom stereocenters. The molecule has 0 spiro atoms. The lowest BCUT2D eigenvalue weighted by atomic mass is 9.81. The van der Waals surface area contributed by atoms with E-state index < -0.39 is 10.0 Å². The molecule has 0 saturated heterocycles. The van der Waals surface area contributed by atoms with Crippen molar-refractivity contribution in [2.45, 2.75) is 24.3 Å². The first-order valence-electron chi connectivity index (χ1n) is 10.7. The highest BCUT2D eigenvalue weighted by atomic mass is 32.2. The number of nitrogens with zero attached hydrogens (tertiary/aromatic N) is 1. The van der Waals surface area contributed by atoms with Crippen molar-refractivity contribution in [3.63, 3.8) is 0 Å². The van der Waals surface area contributed by atoms with Crippen molar-refractivity contribution < 1.29 is 8.42 Å². The maximum absolute atomic E-state index is 13.3. The van der Waals surface area contributed by atoms with Crippen molar-refractivity contribution in [1.29, 1.82) is 0 Å². The number of para-hydroxylation sites is 1. The van der Waals surface area contributed by atoms with E-state index in [0.717, 1.165) is 33.2 Å². The molecule has 5 rings (SSSR count). The molecule has 0 aliphatic heterocycles. The molecule has 5 heteroatoms. The van der Waals surface area contributed by atoms with E-state index in [0.29, 0.717) is 6.42 Å². The van der Waals surface area contributed by atoms with Gasteiger partial charge in [-0.3, -0.25) is 4.98 Å². The molecule has 0 saturated carbocycles. The molecule has 3 aromatic carbocycles. The SMILES string of the molecule is Cc1ccc(S(=O)(=O)N[C@H]2c3ccccc3C=C[C@H]2Cc2cccc3cccnc23)cc1. The van der Waals surface area contributed by atoms with Crippen molar-refractivity contribution >= 4 is 27.0 Å². The number of rotatable bonds is 5. The Bertz CT molecular complexity index is 1400. The molecule has 1 aliphatic rings. The van der Waals surface area contributed by atoms with Gasteiger partial charge < -0.3 is 0 Å². The van der Waals surface area contributed by atoms with Gasteiger partial charge in [0.15, 0.2) is 0 Å². The molecule has 2 atom stereocenters. The van der Waals surface area contributed by atoms with E-state index in [1.807, 2.05) is 55.5 Å². The number of sulfonamides is 1. The summed E-state index contributed by atoms with van der Waals surface area (Å²) in [5.74, 6) is -0.0438. The first-order chi connectivity index (χ1) is 15.5. The molecule has 160 valence electrons. The van der Waals surface area contributed by atoms with Crippen LogP contribution in [0.25, 0.3) is 17.0 Å². The quantitative estimate of drug-likeness (QED) is 0.449. The predicted octanol–water partition coefficient (Wildman–Crippen LogP) is 5.45. The number of pyridine rings is 1. The van der Waals surface area contributed by atoms with Gasteiger partial charge in [0.25, 0.3) is 0 Å². The predicted molar refractivity (Wildman–Crippen MR) is 129 cm³/mol. The molecular weight excluding hydrogens is 416 g/mol. The van der Waals surface area contributed by atoms with Gasteiger partial charge in [-0.05, 0) is 48.2 Å². The molecule has 1 aromatic heterocycles. The van der Waals surface area contributed by atoms with Gasteiger partial charge in [0, 0.05) is 17.5 Å². The number of fused-ring (bicyclic) bond motifs is 2. The van der Waals surface area contributed by atoms with Gasteiger partial charge in [0.05, 0.1) is 16.5 Å². The van der Waals surface area contributed by atoms with Gasteiger partial charge in [-0.15, -0.1) is 0 Å². The van der Waals surface area contributed by atoms with Crippen LogP contribution in [0, 0.1) is 12.8 Å². The zero-order valence-electron chi connectivity index (χ0n) is 17.8. The second-order valence-electron chi connectivity index (χ2n) is 8.26. The Kier molecular flexibility index (Phi) is 5.37. The van der Waals surface area contributed by atoms with Crippen LogP contribution in [-0.2, 0) is 16.4 Å². The minimum Gasteiger partial charge on any atom is -0.256 e. The van der Waals surface area contributed by atoms with Gasteiger partial charge in [0.1, 0.15) is 0 Å². The average Bonchev–Trinajstić information content (AvgIpc) is 2.81. The smallest absolute Gasteiger partial charge is 0.241 e. The highest BCUT2D eigenvalue weighted by Crippen LogP contribution is 2.36. The number of hydrogen-bond acceptors (Lipinski definition) is 3. The van der Waals surface area contributed by atoms with Crippen LogP contribution in [0.15, 0.2) is 96.0 Å². The lowest BCUT2D eigenvalue weighted by Crippen LogP contribution is -2.35. The van der Waals surface area contributed by atoms with E-state index in [9.17, 15) is 8.42 Å². The fourth-order valence-corrected chi connectivity index (χ4v) is 5.66. The lowest BCUT2D eigenvalue weighted by molar-refractivity contribution is 0.465. The first-order valence-corrected chi connectivity index (χ1v) is 12.2. The molecule has 0 fully saturated rings. The third-order valence-corrected chi connectivity index (χ3v) is 7.52. The number of benzene rings is 3. The minimum absolute atomic E-state index is 0.0438. The van der Waals surface area contributed by atoms with Crippen molar-refractivity contribution in [3.05, 3.63) is 113 Å². The van der Waals surface area contributed by atoms with E-state index in [2.05, 4.69) is 40.1 Å². The summed E-state index contributed by atoms with van der Waals surface area (Å²) < 4.78 is 29.6. The molecule has 1 N–H and O–H groups in total. The third-order valence-electron chi connectivity index (χ3n) is 6.07. The molecule has 0 amide bonds. The van der Waals surface area contributed by atoms with Gasteiger partial charge in [-0.25, -0.2) is 13.1 Å². The normalized spacial score (nSPS) is 17.9. The molecule has 0 bridgehead atoms. The zero-order valence-corrected chi connectivity index (χ0v) is 18.6. The summed E-state index contributed by atoms with van der Waals surface area (Å²) in [6, 6.07) is 24.7. The number of aromatic nitrogens is 1. The molecule has 4 nitrogen and oxygen atoms in total. The number of aryl methyl sites for hydroxylation is 1. The summed E-state index contributed by atoms with van der Waals surface area (Å²) in [7, 11) is -3.69. The Morgan fingerprint density at radius 2 is 1.69 bits per heavy atom. The standard InChI is InChI=1S/C27H24N2O2S/c1-19-11-15-24(16-12-19)32(30,31)29-27-23(14-13-20-6-2-3-10-25(20)27)18-22-8-4-7-21-9-5-17-28-26(21)22/h2-17,23,27,29H,18H2,1H3/t23-,27+/m0/s1. The first kappa shape index (κ1) is 20.6. The van der Waals surface area contributed by atoms with Gasteiger partial charge in [-0.1, -0.05) is 78.4 Å². The fourth-order valence-electron chi connectivity index (χ4n) is 4.39. The lowest BCUT2D eigenvalue weighted by Gasteiger charge is -2.31. The van der Waals surface area contributed by atoms with Gasteiger partial charge in [-0.2, -0.15) is 0 Å². The van der Waals surface area contributed by atoms with Crippen LogP contribution in [0.4, 0.5) is 0 Å². The molecule has 0 radical (unpaired) electrons. The van der Waals surface area contributed by atoms with Gasteiger partial charge in [0.2, 0.25) is 10.0 Å². The molecular formula is C27H24N2O2S. The summed E-state index contributed by atoms with van der Waals surface area (Å²) in [6.45, 7) is 1.94.